The average Bonchev–Trinajstić information content (AvgIpc) is 3.21. The minimum Gasteiger partial charge on any atom is -0.326 e. The number of nitrogens with zero attached hydrogens (tertiary/aromatic N) is 5. The topological polar surface area (TPSA) is 77.6 Å². The number of aryl methyl sites for hydroxylation is 1. The zero-order chi connectivity index (χ0) is 18.7. The molecule has 1 amide bonds. The van der Waals surface area contributed by atoms with E-state index >= 15 is 0 Å². The van der Waals surface area contributed by atoms with E-state index in [2.05, 4.69) is 27.4 Å². The van der Waals surface area contributed by atoms with E-state index in [0.29, 0.717) is 13.1 Å². The Kier molecular flexibility index (Phi) is 5.16. The number of carbonyl (C=O) groups excluding carboxylic acids is 1. The molecule has 7 heteroatoms. The van der Waals surface area contributed by atoms with Gasteiger partial charge in [0.05, 0.1) is 24.7 Å². The molecule has 7 nitrogen and oxygen atoms in total. The molecule has 0 saturated carbocycles. The van der Waals surface area contributed by atoms with Crippen LogP contribution >= 0.6 is 0 Å². The van der Waals surface area contributed by atoms with Gasteiger partial charge in [-0.3, -0.25) is 9.48 Å². The molecular weight excluding hydrogens is 328 g/mol. The minimum absolute atomic E-state index is 0.0146. The third-order valence-corrected chi connectivity index (χ3v) is 4.67. The van der Waals surface area contributed by atoms with E-state index in [1.807, 2.05) is 49.7 Å². The number of nitrogens with one attached hydrogen (secondary N) is 1. The van der Waals surface area contributed by atoms with Crippen LogP contribution in [0.25, 0.3) is 0 Å². The molecule has 0 fully saturated rings. The number of amides is 1. The summed E-state index contributed by atoms with van der Waals surface area (Å²) in [6.07, 6.45) is 3.19. The molecule has 1 atom stereocenters. The SMILES string of the molecule is Cc1nn(C[C@@H](C)C(=O)Nc2ccc(Cn3cncn3)cc2)c(C)c1C. The molecule has 0 spiro atoms. The monoisotopic (exact) mass is 352 g/mol. The number of aromatic nitrogens is 5. The summed E-state index contributed by atoms with van der Waals surface area (Å²) in [6, 6.07) is 7.77. The lowest BCUT2D eigenvalue weighted by Gasteiger charge is -2.14. The van der Waals surface area contributed by atoms with E-state index in [-0.39, 0.29) is 11.8 Å². The third kappa shape index (κ3) is 3.99. The number of hydrogen-bond donors (Lipinski definition) is 1. The van der Waals surface area contributed by atoms with Gasteiger partial charge in [0, 0.05) is 11.4 Å². The lowest BCUT2D eigenvalue weighted by Crippen LogP contribution is -2.25. The molecule has 136 valence electrons. The third-order valence-electron chi connectivity index (χ3n) is 4.67. The second kappa shape index (κ2) is 7.51. The van der Waals surface area contributed by atoms with Crippen LogP contribution < -0.4 is 5.32 Å². The Labute approximate surface area is 153 Å². The minimum atomic E-state index is -0.178. The number of anilines is 1. The van der Waals surface area contributed by atoms with Crippen LogP contribution in [-0.2, 0) is 17.9 Å². The maximum Gasteiger partial charge on any atom is 0.229 e. The molecule has 1 N–H and O–H groups in total. The average molecular weight is 352 g/mol. The van der Waals surface area contributed by atoms with E-state index in [1.165, 1.54) is 11.9 Å². The summed E-state index contributed by atoms with van der Waals surface area (Å²) in [4.78, 5) is 16.4. The van der Waals surface area contributed by atoms with Gasteiger partial charge in [0.2, 0.25) is 5.91 Å². The molecule has 2 aromatic heterocycles. The van der Waals surface area contributed by atoms with Gasteiger partial charge in [-0.05, 0) is 44.0 Å². The number of benzene rings is 1. The molecule has 0 aliphatic rings. The highest BCUT2D eigenvalue weighted by Gasteiger charge is 2.17. The first-order valence-electron chi connectivity index (χ1n) is 8.67. The zero-order valence-electron chi connectivity index (χ0n) is 15.6. The molecule has 3 aromatic rings. The van der Waals surface area contributed by atoms with E-state index in [0.717, 1.165) is 22.6 Å². The summed E-state index contributed by atoms with van der Waals surface area (Å²) in [5.74, 6) is -0.193. The molecule has 0 saturated heterocycles. The fourth-order valence-corrected chi connectivity index (χ4v) is 2.77. The van der Waals surface area contributed by atoms with Gasteiger partial charge < -0.3 is 5.32 Å². The smallest absolute Gasteiger partial charge is 0.229 e. The molecule has 0 aliphatic heterocycles. The standard InChI is InChI=1S/C19H24N6O/c1-13(9-25-16(4)14(2)15(3)23-25)19(26)22-18-7-5-17(6-8-18)10-24-12-20-11-21-24/h5-8,11-13H,9-10H2,1-4H3,(H,22,26)/t13-/m1/s1. The summed E-state index contributed by atoms with van der Waals surface area (Å²) in [7, 11) is 0. The Morgan fingerprint density at radius 2 is 1.92 bits per heavy atom. The maximum atomic E-state index is 12.5. The lowest BCUT2D eigenvalue weighted by atomic mass is 10.1. The van der Waals surface area contributed by atoms with Crippen LogP contribution in [0.4, 0.5) is 5.69 Å². The summed E-state index contributed by atoms with van der Waals surface area (Å²) >= 11 is 0. The molecule has 0 bridgehead atoms. The van der Waals surface area contributed by atoms with Crippen LogP contribution in [0, 0.1) is 26.7 Å². The van der Waals surface area contributed by atoms with Gasteiger partial charge in [-0.25, -0.2) is 9.67 Å². The van der Waals surface area contributed by atoms with Crippen molar-refractivity contribution in [2.45, 2.75) is 40.8 Å². The van der Waals surface area contributed by atoms with E-state index < -0.39 is 0 Å². The predicted molar refractivity (Wildman–Crippen MR) is 99.8 cm³/mol. The van der Waals surface area contributed by atoms with E-state index in [1.54, 1.807) is 11.0 Å². The summed E-state index contributed by atoms with van der Waals surface area (Å²) < 4.78 is 3.67. The van der Waals surface area contributed by atoms with Crippen molar-refractivity contribution in [1.29, 1.82) is 0 Å². The Bertz CT molecular complexity index is 880. The van der Waals surface area contributed by atoms with Crippen molar-refractivity contribution < 1.29 is 4.79 Å². The Hall–Kier alpha value is -2.96. The second-order valence-electron chi connectivity index (χ2n) is 6.66. The van der Waals surface area contributed by atoms with Crippen LogP contribution in [0.1, 0.15) is 29.4 Å². The Morgan fingerprint density at radius 1 is 1.19 bits per heavy atom. The molecule has 0 radical (unpaired) electrons. The highest BCUT2D eigenvalue weighted by Crippen LogP contribution is 2.15. The first-order chi connectivity index (χ1) is 12.4. The Balaban J connectivity index is 1.59. The van der Waals surface area contributed by atoms with Crippen molar-refractivity contribution in [2.24, 2.45) is 5.92 Å². The van der Waals surface area contributed by atoms with Gasteiger partial charge in [0.25, 0.3) is 0 Å². The van der Waals surface area contributed by atoms with Gasteiger partial charge in [0.1, 0.15) is 12.7 Å². The second-order valence-corrected chi connectivity index (χ2v) is 6.66. The first-order valence-corrected chi connectivity index (χ1v) is 8.67. The molecular formula is C19H24N6O. The van der Waals surface area contributed by atoms with Gasteiger partial charge in [-0.1, -0.05) is 19.1 Å². The van der Waals surface area contributed by atoms with Gasteiger partial charge in [0.15, 0.2) is 0 Å². The Morgan fingerprint density at radius 3 is 2.50 bits per heavy atom. The van der Waals surface area contributed by atoms with Crippen LogP contribution in [0.2, 0.25) is 0 Å². The van der Waals surface area contributed by atoms with Crippen molar-refractivity contribution in [1.82, 2.24) is 24.5 Å². The summed E-state index contributed by atoms with van der Waals surface area (Å²) in [5.41, 5.74) is 5.19. The zero-order valence-corrected chi connectivity index (χ0v) is 15.6. The van der Waals surface area contributed by atoms with Gasteiger partial charge in [-0.15, -0.1) is 0 Å². The van der Waals surface area contributed by atoms with Crippen molar-refractivity contribution in [3.05, 3.63) is 59.4 Å². The van der Waals surface area contributed by atoms with Crippen molar-refractivity contribution in [3.63, 3.8) is 0 Å². The largest absolute Gasteiger partial charge is 0.326 e. The van der Waals surface area contributed by atoms with Crippen LogP contribution in [0.3, 0.4) is 0 Å². The quantitative estimate of drug-likeness (QED) is 0.740. The van der Waals surface area contributed by atoms with Crippen molar-refractivity contribution in [2.75, 3.05) is 5.32 Å². The lowest BCUT2D eigenvalue weighted by molar-refractivity contribution is -0.119. The van der Waals surface area contributed by atoms with E-state index in [4.69, 9.17) is 0 Å². The number of carbonyl (C=O) groups is 1. The van der Waals surface area contributed by atoms with Crippen molar-refractivity contribution >= 4 is 11.6 Å². The summed E-state index contributed by atoms with van der Waals surface area (Å²) in [6.45, 7) is 9.22. The molecule has 1 aromatic carbocycles. The molecule has 0 aliphatic carbocycles. The number of rotatable bonds is 6. The van der Waals surface area contributed by atoms with Crippen LogP contribution in [-0.4, -0.2) is 30.5 Å². The van der Waals surface area contributed by atoms with Crippen LogP contribution in [0.5, 0.6) is 0 Å². The fraction of sp³-hybridized carbons (Fsp3) is 0.368. The van der Waals surface area contributed by atoms with Crippen LogP contribution in [0.15, 0.2) is 36.9 Å². The predicted octanol–water partition coefficient (Wildman–Crippen LogP) is 2.72. The molecule has 3 rings (SSSR count). The molecule has 0 unspecified atom stereocenters. The maximum absolute atomic E-state index is 12.5. The number of hydrogen-bond acceptors (Lipinski definition) is 4. The van der Waals surface area contributed by atoms with Gasteiger partial charge in [-0.2, -0.15) is 10.2 Å². The first kappa shape index (κ1) is 17.8. The van der Waals surface area contributed by atoms with Crippen molar-refractivity contribution in [3.8, 4) is 0 Å². The van der Waals surface area contributed by atoms with E-state index in [9.17, 15) is 4.79 Å². The normalized spacial score (nSPS) is 12.2. The highest BCUT2D eigenvalue weighted by molar-refractivity contribution is 5.92. The fourth-order valence-electron chi connectivity index (χ4n) is 2.77. The molecule has 2 heterocycles. The van der Waals surface area contributed by atoms with Gasteiger partial charge >= 0.3 is 0 Å². The molecule has 26 heavy (non-hydrogen) atoms. The summed E-state index contributed by atoms with van der Waals surface area (Å²) in [5, 5.41) is 11.6. The highest BCUT2D eigenvalue weighted by atomic mass is 16.1.